The molecule has 2 aromatic rings. The Balaban J connectivity index is 2.01. The number of carbonyl (C=O) groups is 1. The van der Waals surface area contributed by atoms with Crippen LogP contribution in [0.1, 0.15) is 49.2 Å². The highest BCUT2D eigenvalue weighted by molar-refractivity contribution is 5.76. The van der Waals surface area contributed by atoms with Gasteiger partial charge in [-0.1, -0.05) is 42.5 Å². The molecular formula is C22H25NO2. The molecule has 0 N–H and O–H groups in total. The van der Waals surface area contributed by atoms with Gasteiger partial charge in [-0.25, -0.2) is 0 Å². The van der Waals surface area contributed by atoms with Gasteiger partial charge in [0.1, 0.15) is 12.0 Å². The third-order valence-electron chi connectivity index (χ3n) is 4.51. The molecule has 1 heterocycles. The van der Waals surface area contributed by atoms with Crippen molar-refractivity contribution in [1.82, 2.24) is 0 Å². The summed E-state index contributed by atoms with van der Waals surface area (Å²) < 4.78 is 5.98. The van der Waals surface area contributed by atoms with Crippen molar-refractivity contribution in [2.24, 2.45) is 0 Å². The second kappa shape index (κ2) is 6.75. The second-order valence-corrected chi connectivity index (χ2v) is 7.28. The van der Waals surface area contributed by atoms with Crippen LogP contribution in [0.5, 0.6) is 5.75 Å². The number of ether oxygens (including phenoxy) is 1. The van der Waals surface area contributed by atoms with E-state index >= 15 is 0 Å². The van der Waals surface area contributed by atoms with Crippen molar-refractivity contribution >= 4 is 18.0 Å². The predicted molar refractivity (Wildman–Crippen MR) is 103 cm³/mol. The lowest BCUT2D eigenvalue weighted by atomic mass is 9.92. The van der Waals surface area contributed by atoms with Crippen molar-refractivity contribution in [2.75, 3.05) is 4.90 Å². The number of hydrogen-bond acceptors (Lipinski definition) is 3. The molecule has 1 aliphatic rings. The maximum atomic E-state index is 11.1. The zero-order chi connectivity index (χ0) is 18.0. The smallest absolute Gasteiger partial charge is 0.150 e. The van der Waals surface area contributed by atoms with Crippen LogP contribution in [0.2, 0.25) is 0 Å². The zero-order valence-electron chi connectivity index (χ0n) is 15.3. The monoisotopic (exact) mass is 335 g/mol. The molecule has 3 nitrogen and oxygen atoms in total. The van der Waals surface area contributed by atoms with Crippen molar-refractivity contribution in [2.45, 2.75) is 45.9 Å². The van der Waals surface area contributed by atoms with E-state index in [0.717, 1.165) is 24.1 Å². The maximum absolute atomic E-state index is 11.1. The molecule has 0 spiro atoms. The lowest BCUT2D eigenvalue weighted by molar-refractivity contribution is 0.112. The third kappa shape index (κ3) is 3.60. The minimum atomic E-state index is -0.104. The van der Waals surface area contributed by atoms with Crippen LogP contribution in [0.15, 0.2) is 48.5 Å². The van der Waals surface area contributed by atoms with Crippen molar-refractivity contribution in [3.63, 3.8) is 0 Å². The molecule has 130 valence electrons. The van der Waals surface area contributed by atoms with E-state index in [1.54, 1.807) is 0 Å². The summed E-state index contributed by atoms with van der Waals surface area (Å²) in [6.07, 6.45) is 5.34. The first-order valence-electron chi connectivity index (χ1n) is 8.71. The number of rotatable bonds is 5. The molecule has 0 atom stereocenters. The SMILES string of the molecule is CC(C)Oc1cc(C=O)ccc1CN1c2ccccc2C=CC1(C)C. The van der Waals surface area contributed by atoms with E-state index in [9.17, 15) is 4.79 Å². The van der Waals surface area contributed by atoms with Gasteiger partial charge in [-0.15, -0.1) is 0 Å². The Bertz CT molecular complexity index is 805. The highest BCUT2D eigenvalue weighted by atomic mass is 16.5. The molecule has 1 aliphatic heterocycles. The van der Waals surface area contributed by atoms with Gasteiger partial charge in [0.05, 0.1) is 11.6 Å². The fraction of sp³-hybridized carbons (Fsp3) is 0.318. The number of carbonyl (C=O) groups excluding carboxylic acids is 1. The minimum absolute atomic E-state index is 0.0576. The van der Waals surface area contributed by atoms with Crippen LogP contribution < -0.4 is 9.64 Å². The summed E-state index contributed by atoms with van der Waals surface area (Å²) in [5.74, 6) is 0.780. The number of para-hydroxylation sites is 1. The second-order valence-electron chi connectivity index (χ2n) is 7.28. The van der Waals surface area contributed by atoms with Crippen LogP contribution in [0, 0.1) is 0 Å². The molecule has 0 fully saturated rings. The van der Waals surface area contributed by atoms with Crippen LogP contribution >= 0.6 is 0 Å². The highest BCUT2D eigenvalue weighted by Crippen LogP contribution is 2.37. The van der Waals surface area contributed by atoms with Gasteiger partial charge in [0, 0.05) is 23.4 Å². The van der Waals surface area contributed by atoms with Crippen LogP contribution in [-0.4, -0.2) is 17.9 Å². The van der Waals surface area contributed by atoms with Gasteiger partial charge in [-0.3, -0.25) is 4.79 Å². The van der Waals surface area contributed by atoms with Gasteiger partial charge < -0.3 is 9.64 Å². The Hall–Kier alpha value is -2.55. The van der Waals surface area contributed by atoms with E-state index in [4.69, 9.17) is 4.74 Å². The van der Waals surface area contributed by atoms with E-state index in [-0.39, 0.29) is 11.6 Å². The van der Waals surface area contributed by atoms with Crippen LogP contribution in [-0.2, 0) is 6.54 Å². The summed E-state index contributed by atoms with van der Waals surface area (Å²) in [5.41, 5.74) is 4.05. The van der Waals surface area contributed by atoms with Crippen LogP contribution in [0.25, 0.3) is 6.08 Å². The fourth-order valence-corrected chi connectivity index (χ4v) is 3.17. The quantitative estimate of drug-likeness (QED) is 0.712. The molecule has 0 aromatic heterocycles. The first kappa shape index (κ1) is 17.3. The summed E-state index contributed by atoms with van der Waals surface area (Å²) in [6, 6.07) is 14.1. The summed E-state index contributed by atoms with van der Waals surface area (Å²) in [6.45, 7) is 9.14. The highest BCUT2D eigenvalue weighted by Gasteiger charge is 2.29. The molecular weight excluding hydrogens is 310 g/mol. The zero-order valence-corrected chi connectivity index (χ0v) is 15.3. The number of fused-ring (bicyclic) bond motifs is 1. The van der Waals surface area contributed by atoms with E-state index in [2.05, 4.69) is 55.2 Å². The van der Waals surface area contributed by atoms with E-state index in [0.29, 0.717) is 5.56 Å². The normalized spacial score (nSPS) is 15.2. The molecule has 0 saturated carbocycles. The molecule has 25 heavy (non-hydrogen) atoms. The molecule has 0 aliphatic carbocycles. The molecule has 0 amide bonds. The van der Waals surface area contributed by atoms with E-state index in [1.165, 1.54) is 11.3 Å². The van der Waals surface area contributed by atoms with Crippen molar-refractivity contribution in [1.29, 1.82) is 0 Å². The largest absolute Gasteiger partial charge is 0.491 e. The van der Waals surface area contributed by atoms with Crippen molar-refractivity contribution in [3.8, 4) is 5.75 Å². The van der Waals surface area contributed by atoms with Crippen molar-refractivity contribution in [3.05, 3.63) is 65.2 Å². The minimum Gasteiger partial charge on any atom is -0.491 e. The van der Waals surface area contributed by atoms with E-state index in [1.807, 2.05) is 32.0 Å². The van der Waals surface area contributed by atoms with Crippen molar-refractivity contribution < 1.29 is 9.53 Å². The standard InChI is InChI=1S/C22H25NO2/c1-16(2)25-21-13-17(15-24)9-10-19(21)14-23-20-8-6-5-7-18(20)11-12-22(23,3)4/h5-13,15-16H,14H2,1-4H3. The Kier molecular flexibility index (Phi) is 4.67. The lowest BCUT2D eigenvalue weighted by Gasteiger charge is -2.42. The molecule has 0 unspecified atom stereocenters. The average Bonchev–Trinajstić information content (AvgIpc) is 2.58. The molecule has 0 saturated heterocycles. The van der Waals surface area contributed by atoms with Crippen LogP contribution in [0.4, 0.5) is 5.69 Å². The Morgan fingerprint density at radius 1 is 1.16 bits per heavy atom. The molecule has 3 rings (SSSR count). The number of benzene rings is 2. The van der Waals surface area contributed by atoms with Gasteiger partial charge in [-0.2, -0.15) is 0 Å². The summed E-state index contributed by atoms with van der Waals surface area (Å²) in [5, 5.41) is 0. The number of hydrogen-bond donors (Lipinski definition) is 0. The van der Waals surface area contributed by atoms with Gasteiger partial charge in [0.25, 0.3) is 0 Å². The predicted octanol–water partition coefficient (Wildman–Crippen LogP) is 5.10. The third-order valence-corrected chi connectivity index (χ3v) is 4.51. The molecule has 3 heteroatoms. The lowest BCUT2D eigenvalue weighted by Crippen LogP contribution is -2.44. The molecule has 2 aromatic carbocycles. The Morgan fingerprint density at radius 2 is 1.92 bits per heavy atom. The molecule has 0 radical (unpaired) electrons. The Morgan fingerprint density at radius 3 is 2.64 bits per heavy atom. The first-order chi connectivity index (χ1) is 11.9. The van der Waals surface area contributed by atoms with Gasteiger partial charge in [-0.05, 0) is 45.4 Å². The summed E-state index contributed by atoms with van der Waals surface area (Å²) in [7, 11) is 0. The Labute approximate surface area is 149 Å². The van der Waals surface area contributed by atoms with Crippen LogP contribution in [0.3, 0.4) is 0 Å². The summed E-state index contributed by atoms with van der Waals surface area (Å²) >= 11 is 0. The summed E-state index contributed by atoms with van der Waals surface area (Å²) in [4.78, 5) is 13.5. The number of nitrogens with zero attached hydrogens (tertiary/aromatic N) is 1. The van der Waals surface area contributed by atoms with Gasteiger partial charge >= 0.3 is 0 Å². The van der Waals surface area contributed by atoms with Gasteiger partial charge in [0.2, 0.25) is 0 Å². The molecule has 0 bridgehead atoms. The first-order valence-corrected chi connectivity index (χ1v) is 8.71. The fourth-order valence-electron chi connectivity index (χ4n) is 3.17. The maximum Gasteiger partial charge on any atom is 0.150 e. The van der Waals surface area contributed by atoms with Gasteiger partial charge in [0.15, 0.2) is 0 Å². The van der Waals surface area contributed by atoms with E-state index < -0.39 is 0 Å². The average molecular weight is 335 g/mol. The topological polar surface area (TPSA) is 29.5 Å². The number of aldehydes is 1. The number of anilines is 1.